The van der Waals surface area contributed by atoms with E-state index in [2.05, 4.69) is 21.9 Å². The predicted molar refractivity (Wildman–Crippen MR) is 103 cm³/mol. The first-order valence-electron chi connectivity index (χ1n) is 9.67. The summed E-state index contributed by atoms with van der Waals surface area (Å²) in [6.07, 6.45) is 6.97. The van der Waals surface area contributed by atoms with Crippen LogP contribution in [-0.2, 0) is 9.53 Å². The van der Waals surface area contributed by atoms with Crippen LogP contribution in [0.5, 0.6) is 0 Å². The van der Waals surface area contributed by atoms with Crippen LogP contribution in [0.25, 0.3) is 22.1 Å². The molecule has 4 rings (SSSR count). The SMILES string of the molecule is CC(CCCCC(=O)N1CCOCC1)c1nc2ccc[nH]c2c2ncnc12. The van der Waals surface area contributed by atoms with Crippen LogP contribution >= 0.6 is 0 Å². The number of imidazole rings is 1. The van der Waals surface area contributed by atoms with Gasteiger partial charge in [-0.05, 0) is 25.0 Å². The molecule has 1 unspecified atom stereocenters. The standard InChI is InChI=1S/C20H25N5O2/c1-14(5-2-3-7-16(26)25-9-11-27-12-10-25)17-19-20(23-13-22-19)18-15(24-17)6-4-8-21-18/h4,6,8,13-14,21H,2-3,5,7,9-12H2,1H3. The monoisotopic (exact) mass is 367 g/mol. The van der Waals surface area contributed by atoms with Crippen LogP contribution in [0.15, 0.2) is 24.7 Å². The van der Waals surface area contributed by atoms with Gasteiger partial charge in [0.05, 0.1) is 29.9 Å². The zero-order valence-corrected chi connectivity index (χ0v) is 15.6. The Labute approximate surface area is 158 Å². The number of H-pyrrole nitrogens is 1. The molecule has 1 atom stereocenters. The van der Waals surface area contributed by atoms with E-state index in [1.807, 2.05) is 23.2 Å². The van der Waals surface area contributed by atoms with Crippen molar-refractivity contribution in [1.29, 1.82) is 0 Å². The fourth-order valence-electron chi connectivity index (χ4n) is 3.71. The Hall–Kier alpha value is -2.54. The number of hydrogen-bond donors (Lipinski definition) is 1. The molecule has 0 aromatic carbocycles. The van der Waals surface area contributed by atoms with Crippen molar-refractivity contribution in [1.82, 2.24) is 24.8 Å². The van der Waals surface area contributed by atoms with Gasteiger partial charge in [0.25, 0.3) is 0 Å². The number of hydrogen-bond acceptors (Lipinski definition) is 5. The minimum atomic E-state index is 0.245. The van der Waals surface area contributed by atoms with Crippen molar-refractivity contribution >= 4 is 28.0 Å². The number of ether oxygens (including phenoxy) is 1. The van der Waals surface area contributed by atoms with E-state index in [1.165, 1.54) is 0 Å². The second-order valence-electron chi connectivity index (χ2n) is 7.14. The first-order chi connectivity index (χ1) is 13.2. The maximum atomic E-state index is 12.2. The maximum absolute atomic E-state index is 12.2. The molecule has 0 spiro atoms. The van der Waals surface area contributed by atoms with Crippen LogP contribution in [0.4, 0.5) is 0 Å². The lowest BCUT2D eigenvalue weighted by Crippen LogP contribution is -2.40. The molecule has 27 heavy (non-hydrogen) atoms. The molecule has 7 nitrogen and oxygen atoms in total. The van der Waals surface area contributed by atoms with E-state index < -0.39 is 0 Å². The molecule has 3 aromatic rings. The van der Waals surface area contributed by atoms with Gasteiger partial charge in [-0.2, -0.15) is 0 Å². The summed E-state index contributed by atoms with van der Waals surface area (Å²) in [5.74, 6) is 0.516. The van der Waals surface area contributed by atoms with E-state index in [0.717, 1.165) is 60.1 Å². The molecule has 1 saturated heterocycles. The van der Waals surface area contributed by atoms with Gasteiger partial charge in [0.1, 0.15) is 17.4 Å². The van der Waals surface area contributed by atoms with Crippen molar-refractivity contribution in [2.75, 3.05) is 26.3 Å². The smallest absolute Gasteiger partial charge is 0.222 e. The number of amides is 1. The van der Waals surface area contributed by atoms with E-state index in [-0.39, 0.29) is 11.8 Å². The summed E-state index contributed by atoms with van der Waals surface area (Å²) in [6, 6.07) is 3.94. The van der Waals surface area contributed by atoms with E-state index >= 15 is 0 Å². The third kappa shape index (κ3) is 3.78. The van der Waals surface area contributed by atoms with Gasteiger partial charge >= 0.3 is 0 Å². The molecule has 3 aromatic heterocycles. The summed E-state index contributed by atoms with van der Waals surface area (Å²) in [4.78, 5) is 31.1. The molecule has 1 amide bonds. The first kappa shape index (κ1) is 17.9. The van der Waals surface area contributed by atoms with Gasteiger partial charge in [-0.3, -0.25) is 4.79 Å². The second-order valence-corrected chi connectivity index (χ2v) is 7.14. The number of fused-ring (bicyclic) bond motifs is 3. The number of carbonyl (C=O) groups excluding carboxylic acids is 1. The molecule has 1 aliphatic rings. The van der Waals surface area contributed by atoms with Crippen LogP contribution in [0.1, 0.15) is 44.2 Å². The summed E-state index contributed by atoms with van der Waals surface area (Å²) in [7, 11) is 0. The van der Waals surface area contributed by atoms with Gasteiger partial charge in [0.2, 0.25) is 5.91 Å². The number of pyridine rings is 2. The molecule has 142 valence electrons. The Morgan fingerprint density at radius 1 is 1.26 bits per heavy atom. The van der Waals surface area contributed by atoms with E-state index in [0.29, 0.717) is 19.6 Å². The number of morpholine rings is 1. The fraction of sp³-hybridized carbons (Fsp3) is 0.500. The van der Waals surface area contributed by atoms with Gasteiger partial charge in [-0.25, -0.2) is 15.0 Å². The van der Waals surface area contributed by atoms with Gasteiger partial charge in [0.15, 0.2) is 0 Å². The third-order valence-electron chi connectivity index (χ3n) is 5.26. The largest absolute Gasteiger partial charge is 0.378 e. The second kappa shape index (κ2) is 8.00. The molecule has 1 N–H and O–H groups in total. The van der Waals surface area contributed by atoms with Crippen molar-refractivity contribution < 1.29 is 9.53 Å². The zero-order chi connectivity index (χ0) is 18.6. The summed E-state index contributed by atoms with van der Waals surface area (Å²) < 4.78 is 5.30. The number of unbranched alkanes of at least 4 members (excludes halogenated alkanes) is 1. The lowest BCUT2D eigenvalue weighted by Gasteiger charge is -2.26. The molecule has 1 aliphatic heterocycles. The highest BCUT2D eigenvalue weighted by molar-refractivity contribution is 6.00. The Morgan fingerprint density at radius 3 is 2.93 bits per heavy atom. The van der Waals surface area contributed by atoms with Gasteiger partial charge in [0, 0.05) is 31.6 Å². The van der Waals surface area contributed by atoms with E-state index in [4.69, 9.17) is 9.72 Å². The normalized spacial score (nSPS) is 16.1. The quantitative estimate of drug-likeness (QED) is 0.677. The van der Waals surface area contributed by atoms with Crippen molar-refractivity contribution in [3.63, 3.8) is 0 Å². The zero-order valence-electron chi connectivity index (χ0n) is 15.6. The average Bonchev–Trinajstić information content (AvgIpc) is 3.21. The number of aromatic nitrogens is 4. The highest BCUT2D eigenvalue weighted by Gasteiger charge is 2.18. The molecule has 0 saturated carbocycles. The van der Waals surface area contributed by atoms with Crippen molar-refractivity contribution in [2.24, 2.45) is 0 Å². The molecule has 4 heterocycles. The Kier molecular flexibility index (Phi) is 5.29. The number of nitrogens with one attached hydrogen (secondary N) is 1. The van der Waals surface area contributed by atoms with Gasteiger partial charge < -0.3 is 14.6 Å². The van der Waals surface area contributed by atoms with Crippen LogP contribution in [0.3, 0.4) is 0 Å². The third-order valence-corrected chi connectivity index (χ3v) is 5.26. The van der Waals surface area contributed by atoms with Gasteiger partial charge in [-0.15, -0.1) is 0 Å². The molecular weight excluding hydrogens is 342 g/mol. The van der Waals surface area contributed by atoms with Crippen LogP contribution in [0, 0.1) is 0 Å². The summed E-state index contributed by atoms with van der Waals surface area (Å²) in [5.41, 5.74) is 4.59. The number of nitrogens with zero attached hydrogens (tertiary/aromatic N) is 4. The summed E-state index contributed by atoms with van der Waals surface area (Å²) >= 11 is 0. The number of aromatic amines is 1. The fourth-order valence-corrected chi connectivity index (χ4v) is 3.71. The average molecular weight is 367 g/mol. The van der Waals surface area contributed by atoms with Crippen LogP contribution < -0.4 is 0 Å². The van der Waals surface area contributed by atoms with Crippen LogP contribution in [-0.4, -0.2) is 57.0 Å². The molecule has 0 aliphatic carbocycles. The lowest BCUT2D eigenvalue weighted by atomic mass is 9.97. The highest BCUT2D eigenvalue weighted by Crippen LogP contribution is 2.29. The Bertz CT molecular complexity index is 932. The molecule has 0 radical (unpaired) electrons. The number of rotatable bonds is 6. The molecule has 7 heteroatoms. The van der Waals surface area contributed by atoms with Crippen LogP contribution in [0.2, 0.25) is 0 Å². The Balaban J connectivity index is 1.38. The highest BCUT2D eigenvalue weighted by atomic mass is 16.5. The van der Waals surface area contributed by atoms with Crippen molar-refractivity contribution in [2.45, 2.75) is 38.5 Å². The van der Waals surface area contributed by atoms with E-state index in [9.17, 15) is 4.79 Å². The Morgan fingerprint density at radius 2 is 2.07 bits per heavy atom. The minimum Gasteiger partial charge on any atom is -0.378 e. The van der Waals surface area contributed by atoms with E-state index in [1.54, 1.807) is 6.33 Å². The molecule has 0 bridgehead atoms. The maximum Gasteiger partial charge on any atom is 0.222 e. The summed E-state index contributed by atoms with van der Waals surface area (Å²) in [5, 5.41) is 0. The first-order valence-corrected chi connectivity index (χ1v) is 9.67. The summed E-state index contributed by atoms with van der Waals surface area (Å²) in [6.45, 7) is 4.94. The minimum absolute atomic E-state index is 0.245. The van der Waals surface area contributed by atoms with Gasteiger partial charge in [-0.1, -0.05) is 13.3 Å². The lowest BCUT2D eigenvalue weighted by molar-refractivity contribution is -0.135. The molecular formula is C20H25N5O2. The van der Waals surface area contributed by atoms with Crippen molar-refractivity contribution in [3.8, 4) is 0 Å². The topological polar surface area (TPSA) is 84.0 Å². The molecule has 1 fully saturated rings. The number of carbonyl (C=O) groups is 1. The predicted octanol–water partition coefficient (Wildman–Crippen LogP) is 3.03. The van der Waals surface area contributed by atoms with Crippen molar-refractivity contribution in [3.05, 3.63) is 30.4 Å².